The van der Waals surface area contributed by atoms with Crippen LogP contribution in [-0.2, 0) is 0 Å². The molecular formula is C18H15N5O4S. The minimum Gasteiger partial charge on any atom is -0.267 e. The highest BCUT2D eigenvalue weighted by atomic mass is 32.2. The predicted octanol–water partition coefficient (Wildman–Crippen LogP) is 2.54. The molecule has 0 unspecified atom stereocenters. The number of nitrogens with zero attached hydrogens (tertiary/aromatic N) is 3. The first-order valence-electron chi connectivity index (χ1n) is 8.28. The Morgan fingerprint density at radius 1 is 1.29 bits per heavy atom. The Balaban J connectivity index is 1.79. The molecule has 2 N–H and O–H groups in total. The van der Waals surface area contributed by atoms with Gasteiger partial charge in [-0.2, -0.15) is 5.26 Å². The number of nitriles is 1. The second kappa shape index (κ2) is 8.06. The number of hydrazine groups is 1. The molecule has 2 aromatic rings. The summed E-state index contributed by atoms with van der Waals surface area (Å²) in [6.45, 7) is 0. The van der Waals surface area contributed by atoms with E-state index in [1.165, 1.54) is 30.0 Å². The number of nitro benzene ring substituents is 1. The van der Waals surface area contributed by atoms with Crippen LogP contribution in [0.1, 0.15) is 50.7 Å². The van der Waals surface area contributed by atoms with Gasteiger partial charge in [-0.15, -0.1) is 11.8 Å². The van der Waals surface area contributed by atoms with E-state index in [1.54, 1.807) is 12.3 Å². The number of non-ortho nitro benzene ring substituents is 1. The summed E-state index contributed by atoms with van der Waals surface area (Å²) in [5, 5.41) is 20.7. The molecule has 2 amide bonds. The molecule has 0 aliphatic heterocycles. The van der Waals surface area contributed by atoms with Crippen LogP contribution in [0.15, 0.2) is 35.4 Å². The van der Waals surface area contributed by atoms with Gasteiger partial charge < -0.3 is 0 Å². The molecule has 3 rings (SSSR count). The van der Waals surface area contributed by atoms with Crippen LogP contribution in [0.25, 0.3) is 0 Å². The molecule has 0 atom stereocenters. The first-order valence-corrected chi connectivity index (χ1v) is 9.51. The zero-order chi connectivity index (χ0) is 20.3. The molecule has 1 aliphatic rings. The molecule has 9 nitrogen and oxygen atoms in total. The van der Waals surface area contributed by atoms with E-state index in [4.69, 9.17) is 0 Å². The molecule has 28 heavy (non-hydrogen) atoms. The van der Waals surface area contributed by atoms with Crippen LogP contribution in [-0.4, -0.2) is 28.0 Å². The van der Waals surface area contributed by atoms with Gasteiger partial charge >= 0.3 is 0 Å². The van der Waals surface area contributed by atoms with E-state index in [9.17, 15) is 25.0 Å². The van der Waals surface area contributed by atoms with Gasteiger partial charge in [0.25, 0.3) is 17.5 Å². The molecule has 1 aliphatic carbocycles. The molecule has 1 saturated carbocycles. The van der Waals surface area contributed by atoms with Gasteiger partial charge in [-0.1, -0.05) is 6.07 Å². The van der Waals surface area contributed by atoms with Gasteiger partial charge in [0.05, 0.1) is 16.1 Å². The zero-order valence-corrected chi connectivity index (χ0v) is 15.6. The molecule has 1 aromatic heterocycles. The van der Waals surface area contributed by atoms with Crippen molar-refractivity contribution < 1.29 is 14.5 Å². The largest absolute Gasteiger partial charge is 0.271 e. The number of benzene rings is 1. The van der Waals surface area contributed by atoms with Gasteiger partial charge in [0.15, 0.2) is 0 Å². The van der Waals surface area contributed by atoms with Gasteiger partial charge in [0.1, 0.15) is 11.1 Å². The molecule has 0 spiro atoms. The van der Waals surface area contributed by atoms with Crippen LogP contribution in [0, 0.1) is 21.4 Å². The minimum absolute atomic E-state index is 0.0215. The molecule has 1 fully saturated rings. The van der Waals surface area contributed by atoms with E-state index in [0.717, 1.165) is 24.6 Å². The highest BCUT2D eigenvalue weighted by Gasteiger charge is 2.28. The number of carbonyl (C=O) groups is 2. The molecule has 10 heteroatoms. The Kier molecular flexibility index (Phi) is 5.56. The van der Waals surface area contributed by atoms with E-state index in [2.05, 4.69) is 15.8 Å². The maximum atomic E-state index is 12.6. The zero-order valence-electron chi connectivity index (χ0n) is 14.8. The second-order valence-corrected chi connectivity index (χ2v) is 6.88. The van der Waals surface area contributed by atoms with Crippen LogP contribution < -0.4 is 10.9 Å². The molecule has 1 aromatic carbocycles. The van der Waals surface area contributed by atoms with Crippen molar-refractivity contribution in [2.45, 2.75) is 23.8 Å². The van der Waals surface area contributed by atoms with Crippen molar-refractivity contribution in [3.63, 3.8) is 0 Å². The molecule has 0 radical (unpaired) electrons. The third-order valence-electron chi connectivity index (χ3n) is 4.16. The third-order valence-corrected chi connectivity index (χ3v) is 4.84. The summed E-state index contributed by atoms with van der Waals surface area (Å²) in [6.07, 6.45) is 3.74. The lowest BCUT2D eigenvalue weighted by Crippen LogP contribution is -2.42. The number of nitrogens with one attached hydrogen (secondary N) is 2. The quantitative estimate of drug-likeness (QED) is 0.449. The molecule has 0 bridgehead atoms. The summed E-state index contributed by atoms with van der Waals surface area (Å²) in [5.41, 5.74) is 5.28. The SMILES string of the molecule is CSc1nc(C2CC2)cc(C(=O)NNC(=O)c2cccc([N+](=O)[O-])c2)c1C#N. The van der Waals surface area contributed by atoms with E-state index < -0.39 is 16.7 Å². The number of aromatic nitrogens is 1. The van der Waals surface area contributed by atoms with Crippen molar-refractivity contribution in [3.8, 4) is 6.07 Å². The van der Waals surface area contributed by atoms with Crippen molar-refractivity contribution in [3.05, 3.63) is 62.8 Å². The van der Waals surface area contributed by atoms with Crippen molar-refractivity contribution in [1.29, 1.82) is 5.26 Å². The fraction of sp³-hybridized carbons (Fsp3) is 0.222. The lowest BCUT2D eigenvalue weighted by molar-refractivity contribution is -0.384. The number of rotatable bonds is 5. The second-order valence-electron chi connectivity index (χ2n) is 6.08. The number of amides is 2. The highest BCUT2D eigenvalue weighted by Crippen LogP contribution is 2.40. The maximum Gasteiger partial charge on any atom is 0.271 e. The van der Waals surface area contributed by atoms with Crippen molar-refractivity contribution in [2.24, 2.45) is 0 Å². The van der Waals surface area contributed by atoms with E-state index in [0.29, 0.717) is 5.03 Å². The summed E-state index contributed by atoms with van der Waals surface area (Å²) in [5.74, 6) is -1.09. The van der Waals surface area contributed by atoms with Crippen LogP contribution in [0.3, 0.4) is 0 Å². The van der Waals surface area contributed by atoms with E-state index >= 15 is 0 Å². The predicted molar refractivity (Wildman–Crippen MR) is 101 cm³/mol. The number of pyridine rings is 1. The van der Waals surface area contributed by atoms with Crippen molar-refractivity contribution >= 4 is 29.3 Å². The van der Waals surface area contributed by atoms with Crippen LogP contribution in [0.5, 0.6) is 0 Å². The molecule has 142 valence electrons. The third kappa shape index (κ3) is 4.10. The fourth-order valence-electron chi connectivity index (χ4n) is 2.58. The van der Waals surface area contributed by atoms with E-state index in [1.807, 2.05) is 6.07 Å². The van der Waals surface area contributed by atoms with Crippen molar-refractivity contribution in [1.82, 2.24) is 15.8 Å². The number of carbonyl (C=O) groups excluding carboxylic acids is 2. The Morgan fingerprint density at radius 3 is 2.61 bits per heavy atom. The summed E-state index contributed by atoms with van der Waals surface area (Å²) >= 11 is 1.27. The number of thioether (sulfide) groups is 1. The van der Waals surface area contributed by atoms with Gasteiger partial charge in [0.2, 0.25) is 0 Å². The number of hydrogen-bond acceptors (Lipinski definition) is 7. The fourth-order valence-corrected chi connectivity index (χ4v) is 3.13. The summed E-state index contributed by atoms with van der Waals surface area (Å²) in [7, 11) is 0. The van der Waals surface area contributed by atoms with Crippen LogP contribution in [0.4, 0.5) is 5.69 Å². The Hall–Kier alpha value is -3.45. The molecule has 0 saturated heterocycles. The Labute approximate surface area is 164 Å². The van der Waals surface area contributed by atoms with Gasteiger partial charge in [-0.25, -0.2) is 4.98 Å². The van der Waals surface area contributed by atoms with Crippen molar-refractivity contribution in [2.75, 3.05) is 6.26 Å². The molecular weight excluding hydrogens is 382 g/mol. The summed E-state index contributed by atoms with van der Waals surface area (Å²) < 4.78 is 0. The first kappa shape index (κ1) is 19.3. The normalized spacial score (nSPS) is 12.7. The number of nitro groups is 1. The lowest BCUT2D eigenvalue weighted by atomic mass is 10.1. The average molecular weight is 397 g/mol. The van der Waals surface area contributed by atoms with Crippen LogP contribution >= 0.6 is 11.8 Å². The Bertz CT molecular complexity index is 1010. The molecule has 1 heterocycles. The van der Waals surface area contributed by atoms with Gasteiger partial charge in [-0.3, -0.25) is 30.6 Å². The maximum absolute atomic E-state index is 12.6. The average Bonchev–Trinajstić information content (AvgIpc) is 3.56. The highest BCUT2D eigenvalue weighted by molar-refractivity contribution is 7.98. The smallest absolute Gasteiger partial charge is 0.267 e. The van der Waals surface area contributed by atoms with E-state index in [-0.39, 0.29) is 28.3 Å². The first-order chi connectivity index (χ1) is 13.4. The summed E-state index contributed by atoms with van der Waals surface area (Å²) in [6, 6.07) is 8.69. The standard InChI is InChI=1S/C18H15N5O4S/c1-28-18-14(9-19)13(8-15(20-18)10-5-6-10)17(25)22-21-16(24)11-3-2-4-12(7-11)23(26)27/h2-4,7-8,10H,5-6H2,1H3,(H,21,24)(H,22,25). The topological polar surface area (TPSA) is 138 Å². The van der Waals surface area contributed by atoms with Gasteiger partial charge in [0, 0.05) is 29.3 Å². The van der Waals surface area contributed by atoms with Crippen LogP contribution in [0.2, 0.25) is 0 Å². The summed E-state index contributed by atoms with van der Waals surface area (Å²) in [4.78, 5) is 39.4. The lowest BCUT2D eigenvalue weighted by Gasteiger charge is -2.11. The Morgan fingerprint density at radius 2 is 2.00 bits per heavy atom. The van der Waals surface area contributed by atoms with Gasteiger partial charge in [-0.05, 0) is 31.2 Å². The minimum atomic E-state index is -0.711. The monoisotopic (exact) mass is 397 g/mol. The number of hydrogen-bond donors (Lipinski definition) is 2.